The van der Waals surface area contributed by atoms with Gasteiger partial charge in [0.25, 0.3) is 5.91 Å². The molecule has 0 saturated heterocycles. The molecule has 4 nitrogen and oxygen atoms in total. The number of carbonyl (C=O) groups excluding carboxylic acids is 1. The normalized spacial score (nSPS) is 15.2. The molecule has 0 aromatic carbocycles. The van der Waals surface area contributed by atoms with Crippen LogP contribution in [0.2, 0.25) is 0 Å². The van der Waals surface area contributed by atoms with Crippen LogP contribution in [0.5, 0.6) is 0 Å². The number of carbonyl (C=O) groups is 1. The van der Waals surface area contributed by atoms with Crippen molar-refractivity contribution in [2.45, 2.75) is 72.0 Å². The van der Waals surface area contributed by atoms with Gasteiger partial charge in [0, 0.05) is 19.1 Å². The molecule has 0 atom stereocenters. The van der Waals surface area contributed by atoms with E-state index < -0.39 is 0 Å². The summed E-state index contributed by atoms with van der Waals surface area (Å²) >= 11 is 1.69. The van der Waals surface area contributed by atoms with E-state index in [-0.39, 0.29) is 5.91 Å². The minimum atomic E-state index is 0.141. The van der Waals surface area contributed by atoms with Gasteiger partial charge in [0.2, 0.25) is 0 Å². The highest BCUT2D eigenvalue weighted by Gasteiger charge is 2.29. The Hall–Kier alpha value is -1.62. The van der Waals surface area contributed by atoms with Crippen LogP contribution in [0.15, 0.2) is 22.9 Å². The van der Waals surface area contributed by atoms with Crippen molar-refractivity contribution in [3.8, 4) is 0 Å². The van der Waals surface area contributed by atoms with Gasteiger partial charge in [-0.3, -0.25) is 9.48 Å². The highest BCUT2D eigenvalue weighted by Crippen LogP contribution is 2.27. The number of rotatable bonds is 7. The van der Waals surface area contributed by atoms with E-state index >= 15 is 0 Å². The molecule has 1 aliphatic rings. The highest BCUT2D eigenvalue weighted by atomic mass is 32.1. The van der Waals surface area contributed by atoms with Crippen LogP contribution in [0.25, 0.3) is 0 Å². The van der Waals surface area contributed by atoms with E-state index in [0.29, 0.717) is 18.5 Å². The van der Waals surface area contributed by atoms with Crippen LogP contribution in [0, 0.1) is 5.92 Å². The smallest absolute Gasteiger partial charge is 0.272 e. The van der Waals surface area contributed by atoms with Crippen molar-refractivity contribution in [1.82, 2.24) is 14.7 Å². The predicted octanol–water partition coefficient (Wildman–Crippen LogP) is 4.75. The van der Waals surface area contributed by atoms with E-state index in [1.807, 2.05) is 10.7 Å². The van der Waals surface area contributed by atoms with Gasteiger partial charge in [0.15, 0.2) is 0 Å². The van der Waals surface area contributed by atoms with E-state index in [9.17, 15) is 4.79 Å². The molecule has 0 radical (unpaired) electrons. The van der Waals surface area contributed by atoms with Gasteiger partial charge in [0.1, 0.15) is 5.69 Å². The summed E-state index contributed by atoms with van der Waals surface area (Å²) in [5.41, 5.74) is 3.01. The zero-order valence-electron chi connectivity index (χ0n) is 15.6. The fourth-order valence-electron chi connectivity index (χ4n) is 3.71. The van der Waals surface area contributed by atoms with Crippen molar-refractivity contribution in [3.05, 3.63) is 39.8 Å². The first kappa shape index (κ1) is 18.2. The number of thiophene rings is 1. The monoisotopic (exact) mass is 359 g/mol. The lowest BCUT2D eigenvalue weighted by Gasteiger charge is -2.29. The Morgan fingerprint density at radius 3 is 2.76 bits per heavy atom. The second kappa shape index (κ2) is 8.17. The quantitative estimate of drug-likeness (QED) is 0.715. The van der Waals surface area contributed by atoms with Crippen molar-refractivity contribution in [2.24, 2.45) is 5.92 Å². The lowest BCUT2D eigenvalue weighted by molar-refractivity contribution is 0.0652. The SMILES string of the molecule is CCn1nc(CC(C)C)cc1C(=O)N(Cc1ccsc1)C1CCCC1. The average molecular weight is 360 g/mol. The highest BCUT2D eigenvalue weighted by molar-refractivity contribution is 7.07. The third kappa shape index (κ3) is 4.32. The molecular weight excluding hydrogens is 330 g/mol. The first-order chi connectivity index (χ1) is 12.1. The largest absolute Gasteiger partial charge is 0.330 e. The molecule has 1 fully saturated rings. The van der Waals surface area contributed by atoms with E-state index in [2.05, 4.69) is 47.6 Å². The van der Waals surface area contributed by atoms with Crippen molar-refractivity contribution in [3.63, 3.8) is 0 Å². The number of hydrogen-bond donors (Lipinski definition) is 0. The zero-order chi connectivity index (χ0) is 17.8. The van der Waals surface area contributed by atoms with Crippen molar-refractivity contribution < 1.29 is 4.79 Å². The first-order valence-corrected chi connectivity index (χ1v) is 10.4. The van der Waals surface area contributed by atoms with Crippen LogP contribution >= 0.6 is 11.3 Å². The summed E-state index contributed by atoms with van der Waals surface area (Å²) in [4.78, 5) is 15.5. The van der Waals surface area contributed by atoms with E-state index in [1.54, 1.807) is 11.3 Å². The molecule has 0 unspecified atom stereocenters. The first-order valence-electron chi connectivity index (χ1n) is 9.47. The summed E-state index contributed by atoms with van der Waals surface area (Å²) in [5.74, 6) is 0.683. The topological polar surface area (TPSA) is 38.1 Å². The molecule has 1 saturated carbocycles. The van der Waals surface area contributed by atoms with Crippen LogP contribution in [0.3, 0.4) is 0 Å². The fourth-order valence-corrected chi connectivity index (χ4v) is 4.37. The fraction of sp³-hybridized carbons (Fsp3) is 0.600. The maximum absolute atomic E-state index is 13.4. The second-order valence-corrected chi connectivity index (χ2v) is 8.22. The average Bonchev–Trinajstić information content (AvgIpc) is 3.32. The summed E-state index contributed by atoms with van der Waals surface area (Å²) < 4.78 is 1.88. The Labute approximate surface area is 154 Å². The third-order valence-electron chi connectivity index (χ3n) is 4.93. The number of aryl methyl sites for hydroxylation is 1. The number of amides is 1. The van der Waals surface area contributed by atoms with Gasteiger partial charge in [-0.2, -0.15) is 16.4 Å². The molecule has 3 rings (SSSR count). The van der Waals surface area contributed by atoms with Crippen LogP contribution in [0.4, 0.5) is 0 Å². The minimum Gasteiger partial charge on any atom is -0.330 e. The molecule has 25 heavy (non-hydrogen) atoms. The molecule has 0 bridgehead atoms. The number of hydrogen-bond acceptors (Lipinski definition) is 3. The Morgan fingerprint density at radius 1 is 1.40 bits per heavy atom. The predicted molar refractivity (Wildman–Crippen MR) is 103 cm³/mol. The molecule has 0 N–H and O–H groups in total. The molecular formula is C20H29N3OS. The van der Waals surface area contributed by atoms with Gasteiger partial charge in [0.05, 0.1) is 5.69 Å². The molecule has 5 heteroatoms. The molecule has 2 aromatic heterocycles. The van der Waals surface area contributed by atoms with Crippen LogP contribution in [-0.2, 0) is 19.5 Å². The van der Waals surface area contributed by atoms with Crippen LogP contribution in [-0.4, -0.2) is 26.6 Å². The van der Waals surface area contributed by atoms with E-state index in [1.165, 1.54) is 18.4 Å². The summed E-state index contributed by atoms with van der Waals surface area (Å²) in [5, 5.41) is 8.90. The van der Waals surface area contributed by atoms with Gasteiger partial charge in [-0.15, -0.1) is 0 Å². The van der Waals surface area contributed by atoms with Crippen molar-refractivity contribution in [2.75, 3.05) is 0 Å². The number of aromatic nitrogens is 2. The summed E-state index contributed by atoms with van der Waals surface area (Å²) in [6.45, 7) is 7.88. The Kier molecular flexibility index (Phi) is 5.94. The van der Waals surface area contributed by atoms with Crippen molar-refractivity contribution >= 4 is 17.2 Å². The van der Waals surface area contributed by atoms with Gasteiger partial charge in [-0.1, -0.05) is 26.7 Å². The standard InChI is InChI=1S/C20H29N3OS/c1-4-23-19(12-17(21-23)11-15(2)3)20(24)22(18-7-5-6-8-18)13-16-9-10-25-14-16/h9-10,12,14-15,18H,4-8,11,13H2,1-3H3. The molecule has 0 aliphatic heterocycles. The van der Waals surface area contributed by atoms with Gasteiger partial charge < -0.3 is 4.90 Å². The van der Waals surface area contributed by atoms with Gasteiger partial charge >= 0.3 is 0 Å². The Balaban J connectivity index is 1.87. The molecule has 1 aliphatic carbocycles. The summed E-state index contributed by atoms with van der Waals surface area (Å²) in [6.07, 6.45) is 5.61. The third-order valence-corrected chi connectivity index (χ3v) is 5.66. The zero-order valence-corrected chi connectivity index (χ0v) is 16.4. The van der Waals surface area contributed by atoms with Gasteiger partial charge in [-0.25, -0.2) is 0 Å². The molecule has 2 heterocycles. The summed E-state index contributed by atoms with van der Waals surface area (Å²) in [6, 6.07) is 4.50. The maximum Gasteiger partial charge on any atom is 0.272 e. The van der Waals surface area contributed by atoms with Crippen LogP contribution in [0.1, 0.15) is 68.2 Å². The second-order valence-electron chi connectivity index (χ2n) is 7.44. The molecule has 0 spiro atoms. The Morgan fingerprint density at radius 2 is 2.16 bits per heavy atom. The van der Waals surface area contributed by atoms with Crippen LogP contribution < -0.4 is 0 Å². The van der Waals surface area contributed by atoms with E-state index in [0.717, 1.165) is 37.2 Å². The lowest BCUT2D eigenvalue weighted by atomic mass is 10.1. The van der Waals surface area contributed by atoms with Crippen molar-refractivity contribution in [1.29, 1.82) is 0 Å². The minimum absolute atomic E-state index is 0.141. The molecule has 2 aromatic rings. The summed E-state index contributed by atoms with van der Waals surface area (Å²) in [7, 11) is 0. The molecule has 1 amide bonds. The Bertz CT molecular complexity index is 684. The van der Waals surface area contributed by atoms with E-state index in [4.69, 9.17) is 0 Å². The van der Waals surface area contributed by atoms with Gasteiger partial charge in [-0.05, 0) is 60.6 Å². The lowest BCUT2D eigenvalue weighted by Crippen LogP contribution is -2.39. The number of nitrogens with zero attached hydrogens (tertiary/aromatic N) is 3. The maximum atomic E-state index is 13.4. The molecule has 136 valence electrons.